The average molecular weight is 228 g/mol. The summed E-state index contributed by atoms with van der Waals surface area (Å²) in [7, 11) is 0. The SMILES string of the molecule is C1COC(CNCCN2CCCOCC2)C1. The fourth-order valence-corrected chi connectivity index (χ4v) is 2.33. The van der Waals surface area contributed by atoms with E-state index in [-0.39, 0.29) is 0 Å². The van der Waals surface area contributed by atoms with E-state index >= 15 is 0 Å². The molecule has 0 spiro atoms. The van der Waals surface area contributed by atoms with Gasteiger partial charge >= 0.3 is 0 Å². The molecule has 0 aromatic carbocycles. The lowest BCUT2D eigenvalue weighted by atomic mass is 10.2. The van der Waals surface area contributed by atoms with Gasteiger partial charge in [-0.2, -0.15) is 0 Å². The molecule has 16 heavy (non-hydrogen) atoms. The summed E-state index contributed by atoms with van der Waals surface area (Å²) < 4.78 is 11.0. The number of rotatable bonds is 5. The van der Waals surface area contributed by atoms with Crippen molar-refractivity contribution in [2.24, 2.45) is 0 Å². The summed E-state index contributed by atoms with van der Waals surface area (Å²) in [6.45, 7) is 8.27. The molecule has 1 unspecified atom stereocenters. The van der Waals surface area contributed by atoms with E-state index < -0.39 is 0 Å². The summed E-state index contributed by atoms with van der Waals surface area (Å²) in [6, 6.07) is 0. The summed E-state index contributed by atoms with van der Waals surface area (Å²) in [5, 5.41) is 3.49. The summed E-state index contributed by atoms with van der Waals surface area (Å²) in [5.74, 6) is 0. The fourth-order valence-electron chi connectivity index (χ4n) is 2.33. The molecule has 94 valence electrons. The Hall–Kier alpha value is -0.160. The molecule has 0 amide bonds. The maximum absolute atomic E-state index is 5.57. The third kappa shape index (κ3) is 4.37. The van der Waals surface area contributed by atoms with Crippen LogP contribution in [0.3, 0.4) is 0 Å². The van der Waals surface area contributed by atoms with Gasteiger partial charge in [-0.05, 0) is 19.3 Å². The Morgan fingerprint density at radius 2 is 2.12 bits per heavy atom. The van der Waals surface area contributed by atoms with E-state index in [1.165, 1.54) is 25.8 Å². The highest BCUT2D eigenvalue weighted by molar-refractivity contribution is 4.68. The predicted octanol–water partition coefficient (Wildman–Crippen LogP) is 0.477. The molecule has 0 aromatic heterocycles. The minimum atomic E-state index is 0.465. The molecule has 1 atom stereocenters. The third-order valence-corrected chi connectivity index (χ3v) is 3.32. The lowest BCUT2D eigenvalue weighted by molar-refractivity contribution is 0.109. The highest BCUT2D eigenvalue weighted by Gasteiger charge is 2.14. The fraction of sp³-hybridized carbons (Fsp3) is 1.00. The second-order valence-electron chi connectivity index (χ2n) is 4.65. The van der Waals surface area contributed by atoms with Gasteiger partial charge in [0, 0.05) is 45.9 Å². The van der Waals surface area contributed by atoms with Crippen LogP contribution in [0.2, 0.25) is 0 Å². The number of nitrogens with one attached hydrogen (secondary N) is 1. The summed E-state index contributed by atoms with van der Waals surface area (Å²) in [5.41, 5.74) is 0. The van der Waals surface area contributed by atoms with E-state index in [1.54, 1.807) is 0 Å². The first kappa shape index (κ1) is 12.3. The Morgan fingerprint density at radius 3 is 3.00 bits per heavy atom. The molecular weight excluding hydrogens is 204 g/mol. The number of ether oxygens (including phenoxy) is 2. The van der Waals surface area contributed by atoms with E-state index in [0.717, 1.165) is 46.0 Å². The first-order chi connectivity index (χ1) is 7.95. The van der Waals surface area contributed by atoms with Crippen LogP contribution < -0.4 is 5.32 Å². The highest BCUT2D eigenvalue weighted by Crippen LogP contribution is 2.10. The van der Waals surface area contributed by atoms with Crippen LogP contribution in [0.15, 0.2) is 0 Å². The van der Waals surface area contributed by atoms with Crippen LogP contribution in [0.25, 0.3) is 0 Å². The van der Waals surface area contributed by atoms with Gasteiger partial charge in [0.15, 0.2) is 0 Å². The molecule has 2 aliphatic rings. The Morgan fingerprint density at radius 1 is 1.12 bits per heavy atom. The molecule has 0 aromatic rings. The maximum atomic E-state index is 5.57. The second-order valence-corrected chi connectivity index (χ2v) is 4.65. The van der Waals surface area contributed by atoms with Crippen LogP contribution in [-0.2, 0) is 9.47 Å². The van der Waals surface area contributed by atoms with Gasteiger partial charge in [-0.25, -0.2) is 0 Å². The van der Waals surface area contributed by atoms with E-state index in [0.29, 0.717) is 6.10 Å². The van der Waals surface area contributed by atoms with Gasteiger partial charge in [0.1, 0.15) is 0 Å². The topological polar surface area (TPSA) is 33.7 Å². The Balaban J connectivity index is 1.49. The molecule has 2 saturated heterocycles. The molecule has 2 fully saturated rings. The lowest BCUT2D eigenvalue weighted by Crippen LogP contribution is -2.36. The van der Waals surface area contributed by atoms with Gasteiger partial charge in [0.2, 0.25) is 0 Å². The van der Waals surface area contributed by atoms with Gasteiger partial charge in [-0.15, -0.1) is 0 Å². The number of nitrogens with zero attached hydrogens (tertiary/aromatic N) is 1. The summed E-state index contributed by atoms with van der Waals surface area (Å²) in [4.78, 5) is 2.48. The molecule has 0 bridgehead atoms. The minimum Gasteiger partial charge on any atom is -0.380 e. The molecule has 1 N–H and O–H groups in total. The van der Waals surface area contributed by atoms with Crippen molar-refractivity contribution in [3.05, 3.63) is 0 Å². The smallest absolute Gasteiger partial charge is 0.0700 e. The van der Waals surface area contributed by atoms with Crippen molar-refractivity contribution in [3.8, 4) is 0 Å². The van der Waals surface area contributed by atoms with Crippen LogP contribution in [0, 0.1) is 0 Å². The standard InChI is InChI=1S/C12H24N2O2/c1-3-12(16-9-1)11-13-4-6-14-5-2-8-15-10-7-14/h12-13H,1-11H2. The Bertz CT molecular complexity index is 176. The molecule has 0 radical (unpaired) electrons. The van der Waals surface area contributed by atoms with Crippen molar-refractivity contribution < 1.29 is 9.47 Å². The van der Waals surface area contributed by atoms with Crippen LogP contribution in [0.1, 0.15) is 19.3 Å². The summed E-state index contributed by atoms with van der Waals surface area (Å²) >= 11 is 0. The van der Waals surface area contributed by atoms with E-state index in [1.807, 2.05) is 0 Å². The van der Waals surface area contributed by atoms with Crippen LogP contribution in [0.4, 0.5) is 0 Å². The van der Waals surface area contributed by atoms with E-state index in [2.05, 4.69) is 10.2 Å². The number of hydrogen-bond donors (Lipinski definition) is 1. The van der Waals surface area contributed by atoms with E-state index in [4.69, 9.17) is 9.47 Å². The normalized spacial score (nSPS) is 28.1. The van der Waals surface area contributed by atoms with Gasteiger partial charge < -0.3 is 14.8 Å². The molecule has 4 heteroatoms. The van der Waals surface area contributed by atoms with Crippen molar-refractivity contribution in [1.82, 2.24) is 10.2 Å². The minimum absolute atomic E-state index is 0.465. The van der Waals surface area contributed by atoms with Crippen molar-refractivity contribution in [1.29, 1.82) is 0 Å². The largest absolute Gasteiger partial charge is 0.380 e. The summed E-state index contributed by atoms with van der Waals surface area (Å²) in [6.07, 6.45) is 4.10. The Labute approximate surface area is 98.3 Å². The predicted molar refractivity (Wildman–Crippen MR) is 63.7 cm³/mol. The molecule has 2 heterocycles. The van der Waals surface area contributed by atoms with Crippen molar-refractivity contribution in [2.45, 2.75) is 25.4 Å². The van der Waals surface area contributed by atoms with Gasteiger partial charge in [-0.3, -0.25) is 4.90 Å². The zero-order chi connectivity index (χ0) is 11.1. The molecule has 2 rings (SSSR count). The van der Waals surface area contributed by atoms with Gasteiger partial charge in [0.25, 0.3) is 0 Å². The zero-order valence-electron chi connectivity index (χ0n) is 10.1. The lowest BCUT2D eigenvalue weighted by Gasteiger charge is -2.19. The second kappa shape index (κ2) is 7.22. The van der Waals surface area contributed by atoms with Crippen LogP contribution in [-0.4, -0.2) is 63.5 Å². The van der Waals surface area contributed by atoms with Crippen molar-refractivity contribution in [2.75, 3.05) is 52.5 Å². The molecule has 4 nitrogen and oxygen atoms in total. The molecular formula is C12H24N2O2. The van der Waals surface area contributed by atoms with Crippen LogP contribution in [0.5, 0.6) is 0 Å². The number of hydrogen-bond acceptors (Lipinski definition) is 4. The maximum Gasteiger partial charge on any atom is 0.0700 e. The quantitative estimate of drug-likeness (QED) is 0.694. The monoisotopic (exact) mass is 228 g/mol. The third-order valence-electron chi connectivity index (χ3n) is 3.32. The van der Waals surface area contributed by atoms with Crippen molar-refractivity contribution in [3.63, 3.8) is 0 Å². The molecule has 2 aliphatic heterocycles. The average Bonchev–Trinajstić information content (AvgIpc) is 2.68. The van der Waals surface area contributed by atoms with E-state index in [9.17, 15) is 0 Å². The highest BCUT2D eigenvalue weighted by atomic mass is 16.5. The molecule has 0 saturated carbocycles. The zero-order valence-corrected chi connectivity index (χ0v) is 10.1. The van der Waals surface area contributed by atoms with Crippen molar-refractivity contribution >= 4 is 0 Å². The van der Waals surface area contributed by atoms with Gasteiger partial charge in [0.05, 0.1) is 12.7 Å². The Kier molecular flexibility index (Phi) is 5.55. The first-order valence-electron chi connectivity index (χ1n) is 6.57. The van der Waals surface area contributed by atoms with Crippen LogP contribution >= 0.6 is 0 Å². The molecule has 0 aliphatic carbocycles. The first-order valence-corrected chi connectivity index (χ1v) is 6.57. The van der Waals surface area contributed by atoms with Gasteiger partial charge in [-0.1, -0.05) is 0 Å².